The second-order valence-corrected chi connectivity index (χ2v) is 9.75. The summed E-state index contributed by atoms with van der Waals surface area (Å²) < 4.78 is 25.1. The van der Waals surface area contributed by atoms with Crippen LogP contribution in [0.1, 0.15) is 45.9 Å². The van der Waals surface area contributed by atoms with Crippen molar-refractivity contribution in [3.63, 3.8) is 0 Å². The highest BCUT2D eigenvalue weighted by atomic mass is 32.2. The van der Waals surface area contributed by atoms with Crippen molar-refractivity contribution in [1.29, 1.82) is 0 Å². The van der Waals surface area contributed by atoms with Gasteiger partial charge in [-0.25, -0.2) is 8.42 Å². The fourth-order valence-corrected chi connectivity index (χ4v) is 5.69. The molecule has 0 spiro atoms. The molecule has 0 saturated carbocycles. The van der Waals surface area contributed by atoms with Gasteiger partial charge < -0.3 is 5.32 Å². The van der Waals surface area contributed by atoms with Crippen LogP contribution >= 0.6 is 0 Å². The highest BCUT2D eigenvalue weighted by Crippen LogP contribution is 2.31. The molecule has 154 valence electrons. The van der Waals surface area contributed by atoms with Crippen molar-refractivity contribution in [3.8, 4) is 0 Å². The minimum Gasteiger partial charge on any atom is -0.345 e. The summed E-state index contributed by atoms with van der Waals surface area (Å²) in [5.41, 5.74) is 3.56. The molecule has 0 saturated heterocycles. The number of carbonyl (C=O) groups excluding carboxylic acids is 1. The number of aryl methyl sites for hydroxylation is 2. The summed E-state index contributed by atoms with van der Waals surface area (Å²) >= 11 is 0. The van der Waals surface area contributed by atoms with Crippen LogP contribution in [0.15, 0.2) is 83.8 Å². The van der Waals surface area contributed by atoms with Gasteiger partial charge in [-0.2, -0.15) is 0 Å². The minimum absolute atomic E-state index is 0.115. The molecule has 0 radical (unpaired) electrons. The number of benzene rings is 3. The Morgan fingerprint density at radius 1 is 0.867 bits per heavy atom. The Labute approximate surface area is 177 Å². The Morgan fingerprint density at radius 3 is 2.40 bits per heavy atom. The first-order valence-electron chi connectivity index (χ1n) is 10.3. The Kier molecular flexibility index (Phi) is 6.00. The van der Waals surface area contributed by atoms with Crippen molar-refractivity contribution in [2.45, 2.75) is 36.6 Å². The molecule has 4 rings (SSSR count). The quantitative estimate of drug-likeness (QED) is 0.662. The van der Waals surface area contributed by atoms with Crippen LogP contribution in [0, 0.1) is 0 Å². The Balaban J connectivity index is 1.56. The van der Waals surface area contributed by atoms with E-state index < -0.39 is 9.84 Å². The maximum Gasteiger partial charge on any atom is 0.252 e. The smallest absolute Gasteiger partial charge is 0.252 e. The number of nitrogens with one attached hydrogen (secondary N) is 1. The molecule has 0 fully saturated rings. The van der Waals surface area contributed by atoms with E-state index in [0.29, 0.717) is 28.9 Å². The lowest BCUT2D eigenvalue weighted by Gasteiger charge is -2.20. The van der Waals surface area contributed by atoms with Gasteiger partial charge in [-0.15, -0.1) is 0 Å². The molecule has 0 aromatic heterocycles. The molecular weight excluding hydrogens is 394 g/mol. The third-order valence-electron chi connectivity index (χ3n) is 5.63. The lowest BCUT2D eigenvalue weighted by atomic mass is 9.98. The Morgan fingerprint density at radius 2 is 1.57 bits per heavy atom. The van der Waals surface area contributed by atoms with Gasteiger partial charge in [0.25, 0.3) is 5.91 Å². The van der Waals surface area contributed by atoms with E-state index in [1.807, 2.05) is 54.6 Å². The van der Waals surface area contributed by atoms with E-state index in [1.165, 1.54) is 5.56 Å². The van der Waals surface area contributed by atoms with Crippen LogP contribution in [0.25, 0.3) is 0 Å². The summed E-state index contributed by atoms with van der Waals surface area (Å²) in [6.07, 6.45) is 2.75. The van der Waals surface area contributed by atoms with Crippen molar-refractivity contribution in [3.05, 3.63) is 101 Å². The molecule has 0 unspecified atom stereocenters. The van der Waals surface area contributed by atoms with Crippen LogP contribution in [0.5, 0.6) is 0 Å². The van der Waals surface area contributed by atoms with Crippen LogP contribution in [0.2, 0.25) is 0 Å². The molecule has 1 N–H and O–H groups in total. The van der Waals surface area contributed by atoms with Crippen molar-refractivity contribution in [2.75, 3.05) is 5.75 Å². The van der Waals surface area contributed by atoms with Crippen LogP contribution in [-0.4, -0.2) is 20.1 Å². The van der Waals surface area contributed by atoms with Gasteiger partial charge in [0, 0.05) is 5.56 Å². The van der Waals surface area contributed by atoms with Gasteiger partial charge in [0.2, 0.25) is 0 Å². The maximum atomic E-state index is 13.2. The zero-order valence-corrected chi connectivity index (χ0v) is 17.6. The number of hydrogen-bond donors (Lipinski definition) is 1. The molecule has 4 nitrogen and oxygen atoms in total. The van der Waals surface area contributed by atoms with E-state index in [4.69, 9.17) is 0 Å². The number of carbonyl (C=O) groups is 1. The molecule has 30 heavy (non-hydrogen) atoms. The highest BCUT2D eigenvalue weighted by molar-refractivity contribution is 7.91. The average molecular weight is 420 g/mol. The molecular formula is C25H25NO3S. The van der Waals surface area contributed by atoms with E-state index in [2.05, 4.69) is 17.4 Å². The van der Waals surface area contributed by atoms with Gasteiger partial charge in [0.15, 0.2) is 9.84 Å². The summed E-state index contributed by atoms with van der Waals surface area (Å²) in [6, 6.07) is 24.6. The van der Waals surface area contributed by atoms with E-state index in [9.17, 15) is 13.2 Å². The first-order valence-corrected chi connectivity index (χ1v) is 11.9. The van der Waals surface area contributed by atoms with Crippen molar-refractivity contribution in [2.24, 2.45) is 0 Å². The Bertz CT molecular complexity index is 1140. The lowest BCUT2D eigenvalue weighted by Crippen LogP contribution is -2.29. The predicted molar refractivity (Wildman–Crippen MR) is 118 cm³/mol. The van der Waals surface area contributed by atoms with E-state index in [0.717, 1.165) is 18.4 Å². The zero-order chi connectivity index (χ0) is 21.0. The van der Waals surface area contributed by atoms with Gasteiger partial charge >= 0.3 is 0 Å². The summed E-state index contributed by atoms with van der Waals surface area (Å²) in [4.78, 5) is 13.5. The van der Waals surface area contributed by atoms with Gasteiger partial charge in [0.05, 0.1) is 16.7 Å². The molecule has 3 aromatic rings. The third-order valence-corrected chi connectivity index (χ3v) is 7.50. The standard InChI is InChI=1S/C25H25NO3S/c27-25(21-12-5-4-11-20(21)17-16-19-9-2-1-3-10-19)26-23-14-8-18-30(28,29)24-15-7-6-13-22(23)24/h1-7,9-13,15,23H,8,14,16-18H2,(H,26,27)/t23-/m0/s1. The lowest BCUT2D eigenvalue weighted by molar-refractivity contribution is 0.0933. The van der Waals surface area contributed by atoms with Crippen molar-refractivity contribution in [1.82, 2.24) is 5.32 Å². The minimum atomic E-state index is -3.31. The molecule has 1 aliphatic rings. The SMILES string of the molecule is O=C(N[C@H]1CCCS(=O)(=O)c2ccccc21)c1ccccc1CCc1ccccc1. The summed E-state index contributed by atoms with van der Waals surface area (Å²) in [7, 11) is -3.31. The number of rotatable bonds is 5. The van der Waals surface area contributed by atoms with Gasteiger partial charge in [-0.1, -0.05) is 66.7 Å². The first-order chi connectivity index (χ1) is 14.5. The second kappa shape index (κ2) is 8.84. The molecule has 5 heteroatoms. The average Bonchev–Trinajstić information content (AvgIpc) is 2.89. The Hall–Kier alpha value is -2.92. The largest absolute Gasteiger partial charge is 0.345 e. The van der Waals surface area contributed by atoms with Crippen LogP contribution in [-0.2, 0) is 22.7 Å². The van der Waals surface area contributed by atoms with Crippen LogP contribution < -0.4 is 5.32 Å². The van der Waals surface area contributed by atoms with Gasteiger partial charge in [0.1, 0.15) is 0 Å². The molecule has 0 aliphatic carbocycles. The second-order valence-electron chi connectivity index (χ2n) is 7.67. The van der Waals surface area contributed by atoms with Gasteiger partial charge in [-0.05, 0) is 54.5 Å². The molecule has 1 atom stereocenters. The van der Waals surface area contributed by atoms with Crippen LogP contribution in [0.3, 0.4) is 0 Å². The summed E-state index contributed by atoms with van der Waals surface area (Å²) in [5, 5.41) is 3.10. The maximum absolute atomic E-state index is 13.2. The normalized spacial score (nSPS) is 17.5. The van der Waals surface area contributed by atoms with Crippen LogP contribution in [0.4, 0.5) is 0 Å². The van der Waals surface area contributed by atoms with E-state index in [1.54, 1.807) is 12.1 Å². The number of amides is 1. The number of hydrogen-bond acceptors (Lipinski definition) is 3. The fourth-order valence-electron chi connectivity index (χ4n) is 4.06. The third kappa shape index (κ3) is 4.46. The van der Waals surface area contributed by atoms with E-state index >= 15 is 0 Å². The number of sulfone groups is 1. The molecule has 1 amide bonds. The van der Waals surface area contributed by atoms with Crippen molar-refractivity contribution >= 4 is 15.7 Å². The molecule has 0 bridgehead atoms. The van der Waals surface area contributed by atoms with E-state index in [-0.39, 0.29) is 17.7 Å². The van der Waals surface area contributed by atoms with Gasteiger partial charge in [-0.3, -0.25) is 4.79 Å². The van der Waals surface area contributed by atoms with Crippen molar-refractivity contribution < 1.29 is 13.2 Å². The topological polar surface area (TPSA) is 63.2 Å². The molecule has 3 aromatic carbocycles. The fraction of sp³-hybridized carbons (Fsp3) is 0.240. The molecule has 1 aliphatic heterocycles. The monoisotopic (exact) mass is 419 g/mol. The predicted octanol–water partition coefficient (Wildman–Crippen LogP) is 4.51. The summed E-state index contributed by atoms with van der Waals surface area (Å²) in [6.45, 7) is 0. The molecule has 1 heterocycles. The summed E-state index contributed by atoms with van der Waals surface area (Å²) in [5.74, 6) is -0.0397. The number of fused-ring (bicyclic) bond motifs is 1. The first kappa shape index (κ1) is 20.4. The highest BCUT2D eigenvalue weighted by Gasteiger charge is 2.28. The zero-order valence-electron chi connectivity index (χ0n) is 16.8.